The van der Waals surface area contributed by atoms with Crippen molar-refractivity contribution in [3.8, 4) is 11.5 Å². The quantitative estimate of drug-likeness (QED) is 0.945. The highest BCUT2D eigenvalue weighted by atomic mass is 16.5. The van der Waals surface area contributed by atoms with Crippen molar-refractivity contribution in [1.82, 2.24) is 4.98 Å². The number of methoxy groups -OCH3 is 1. The summed E-state index contributed by atoms with van der Waals surface area (Å²) in [5, 5.41) is 9.57. The maximum atomic E-state index is 9.57. The number of benzene rings is 1. The second-order valence-corrected chi connectivity index (χ2v) is 5.17. The molecule has 0 aliphatic carbocycles. The third-order valence-electron chi connectivity index (χ3n) is 3.66. The highest BCUT2D eigenvalue weighted by molar-refractivity contribution is 6.15. The Labute approximate surface area is 135 Å². The van der Waals surface area contributed by atoms with Crippen LogP contribution < -0.4 is 4.74 Å². The van der Waals surface area contributed by atoms with Crippen molar-refractivity contribution in [2.45, 2.75) is 12.8 Å². The van der Waals surface area contributed by atoms with E-state index in [-0.39, 0.29) is 11.2 Å². The van der Waals surface area contributed by atoms with Crippen LogP contribution >= 0.6 is 0 Å². The number of phenolic OH excluding ortho intramolecular Hbond substituents is 1. The van der Waals surface area contributed by atoms with Gasteiger partial charge in [-0.25, -0.2) is 0 Å². The number of nitrogens with zero attached hydrogens (tertiary/aromatic N) is 2. The minimum absolute atomic E-state index is 0. The highest BCUT2D eigenvalue weighted by Crippen LogP contribution is 2.28. The van der Waals surface area contributed by atoms with Gasteiger partial charge >= 0.3 is 0 Å². The number of ether oxygens (including phenoxy) is 1. The Morgan fingerprint density at radius 3 is 2.87 bits per heavy atom. The molecule has 5 heteroatoms. The molecule has 0 spiro atoms. The standard InChI is InChI=1S/C18H18N2O2.H2O/c1-22-17-11-16(21)7-6-13(17)10-14-4-3-9-20-18(14)15-5-2-8-19-12-15;/h2,5-8,10-12,21H,3-4,9H2,1H3;1H2/b14-10+;. The van der Waals surface area contributed by atoms with E-state index in [1.54, 1.807) is 25.4 Å². The molecule has 0 atom stereocenters. The summed E-state index contributed by atoms with van der Waals surface area (Å²) in [6, 6.07) is 9.09. The van der Waals surface area contributed by atoms with Crippen LogP contribution in [0.2, 0.25) is 0 Å². The summed E-state index contributed by atoms with van der Waals surface area (Å²) >= 11 is 0. The van der Waals surface area contributed by atoms with Gasteiger partial charge in [0, 0.05) is 36.1 Å². The van der Waals surface area contributed by atoms with E-state index in [1.807, 2.05) is 24.4 Å². The summed E-state index contributed by atoms with van der Waals surface area (Å²) in [5.41, 5.74) is 4.14. The molecule has 23 heavy (non-hydrogen) atoms. The number of phenols is 1. The molecular weight excluding hydrogens is 292 g/mol. The summed E-state index contributed by atoms with van der Waals surface area (Å²) in [7, 11) is 1.60. The summed E-state index contributed by atoms with van der Waals surface area (Å²) < 4.78 is 5.35. The molecule has 1 aromatic heterocycles. The number of aromatic hydroxyl groups is 1. The molecule has 0 saturated heterocycles. The normalized spacial score (nSPS) is 15.7. The van der Waals surface area contributed by atoms with Crippen LogP contribution in [0.4, 0.5) is 0 Å². The van der Waals surface area contributed by atoms with Crippen LogP contribution in [-0.4, -0.2) is 34.9 Å². The number of hydrogen-bond donors (Lipinski definition) is 1. The third-order valence-corrected chi connectivity index (χ3v) is 3.66. The SMILES string of the molecule is COc1cc(O)ccc1/C=C1\CCCN=C1c1cccnc1.O. The van der Waals surface area contributed by atoms with Crippen molar-refractivity contribution in [1.29, 1.82) is 0 Å². The van der Waals surface area contributed by atoms with Crippen molar-refractivity contribution >= 4 is 11.8 Å². The predicted molar refractivity (Wildman–Crippen MR) is 91.1 cm³/mol. The van der Waals surface area contributed by atoms with Crippen LogP contribution in [-0.2, 0) is 0 Å². The van der Waals surface area contributed by atoms with Crippen LogP contribution in [0.5, 0.6) is 11.5 Å². The molecule has 3 rings (SSSR count). The van der Waals surface area contributed by atoms with E-state index in [1.165, 1.54) is 5.57 Å². The van der Waals surface area contributed by atoms with Crippen LogP contribution in [0.25, 0.3) is 6.08 Å². The Kier molecular flexibility index (Phi) is 5.49. The topological polar surface area (TPSA) is 86.2 Å². The smallest absolute Gasteiger partial charge is 0.129 e. The van der Waals surface area contributed by atoms with Crippen molar-refractivity contribution in [2.75, 3.05) is 13.7 Å². The summed E-state index contributed by atoms with van der Waals surface area (Å²) in [5.74, 6) is 0.854. The zero-order valence-electron chi connectivity index (χ0n) is 13.0. The van der Waals surface area contributed by atoms with Gasteiger partial charge in [0.15, 0.2) is 0 Å². The zero-order chi connectivity index (χ0) is 15.4. The van der Waals surface area contributed by atoms with E-state index < -0.39 is 0 Å². The van der Waals surface area contributed by atoms with Gasteiger partial charge in [-0.05, 0) is 48.8 Å². The first-order valence-electron chi connectivity index (χ1n) is 7.31. The van der Waals surface area contributed by atoms with Crippen LogP contribution in [0.3, 0.4) is 0 Å². The highest BCUT2D eigenvalue weighted by Gasteiger charge is 2.15. The van der Waals surface area contributed by atoms with E-state index in [0.717, 1.165) is 36.2 Å². The molecular formula is C18H20N2O3. The summed E-state index contributed by atoms with van der Waals surface area (Å²) in [6.07, 6.45) is 7.70. The number of pyridine rings is 1. The number of aliphatic imine (C=N–C) groups is 1. The van der Waals surface area contributed by atoms with Crippen LogP contribution in [0, 0.1) is 0 Å². The van der Waals surface area contributed by atoms with Gasteiger partial charge in [0.2, 0.25) is 0 Å². The Bertz CT molecular complexity index is 724. The molecule has 0 radical (unpaired) electrons. The molecule has 1 aliphatic rings. The first kappa shape index (κ1) is 16.7. The van der Waals surface area contributed by atoms with Gasteiger partial charge < -0.3 is 15.3 Å². The van der Waals surface area contributed by atoms with E-state index in [4.69, 9.17) is 4.74 Å². The number of allylic oxidation sites excluding steroid dienone is 1. The first-order valence-corrected chi connectivity index (χ1v) is 7.31. The molecule has 120 valence electrons. The second-order valence-electron chi connectivity index (χ2n) is 5.17. The maximum absolute atomic E-state index is 9.57. The molecule has 2 heterocycles. The fourth-order valence-electron chi connectivity index (χ4n) is 2.61. The maximum Gasteiger partial charge on any atom is 0.129 e. The lowest BCUT2D eigenvalue weighted by molar-refractivity contribution is 0.406. The molecule has 0 amide bonds. The molecule has 0 saturated carbocycles. The van der Waals surface area contributed by atoms with E-state index in [2.05, 4.69) is 16.1 Å². The largest absolute Gasteiger partial charge is 0.508 e. The molecule has 3 N–H and O–H groups in total. The van der Waals surface area contributed by atoms with Crippen LogP contribution in [0.1, 0.15) is 24.0 Å². The number of rotatable bonds is 3. The van der Waals surface area contributed by atoms with Gasteiger partial charge in [-0.1, -0.05) is 0 Å². The van der Waals surface area contributed by atoms with Gasteiger partial charge in [-0.15, -0.1) is 0 Å². The Morgan fingerprint density at radius 2 is 2.13 bits per heavy atom. The van der Waals surface area contributed by atoms with E-state index in [9.17, 15) is 5.11 Å². The predicted octanol–water partition coefficient (Wildman–Crippen LogP) is 2.64. The molecule has 5 nitrogen and oxygen atoms in total. The second kappa shape index (κ2) is 7.56. The average molecular weight is 312 g/mol. The fraction of sp³-hybridized carbons (Fsp3) is 0.222. The lowest BCUT2D eigenvalue weighted by atomic mass is 9.94. The van der Waals surface area contributed by atoms with Gasteiger partial charge in [0.05, 0.1) is 12.8 Å². The lowest BCUT2D eigenvalue weighted by Gasteiger charge is -2.17. The van der Waals surface area contributed by atoms with Gasteiger partial charge in [0.1, 0.15) is 11.5 Å². The minimum Gasteiger partial charge on any atom is -0.508 e. The fourth-order valence-corrected chi connectivity index (χ4v) is 2.61. The molecule has 1 aromatic carbocycles. The minimum atomic E-state index is 0. The lowest BCUT2D eigenvalue weighted by Crippen LogP contribution is -2.12. The summed E-state index contributed by atoms with van der Waals surface area (Å²) in [6.45, 7) is 0.842. The molecule has 1 aliphatic heterocycles. The van der Waals surface area contributed by atoms with Gasteiger partial charge in [0.25, 0.3) is 0 Å². The molecule has 0 unspecified atom stereocenters. The molecule has 0 bridgehead atoms. The van der Waals surface area contributed by atoms with E-state index >= 15 is 0 Å². The van der Waals surface area contributed by atoms with E-state index in [0.29, 0.717) is 5.75 Å². The summed E-state index contributed by atoms with van der Waals surface area (Å²) in [4.78, 5) is 8.85. The monoisotopic (exact) mass is 312 g/mol. The van der Waals surface area contributed by atoms with Crippen molar-refractivity contribution in [2.24, 2.45) is 4.99 Å². The first-order chi connectivity index (χ1) is 10.8. The van der Waals surface area contributed by atoms with Crippen molar-refractivity contribution in [3.05, 3.63) is 59.4 Å². The number of hydrogen-bond acceptors (Lipinski definition) is 4. The molecule has 0 fully saturated rings. The Hall–Kier alpha value is -2.66. The average Bonchev–Trinajstić information content (AvgIpc) is 2.57. The Balaban J connectivity index is 0.00000192. The zero-order valence-corrected chi connectivity index (χ0v) is 13.0. The van der Waals surface area contributed by atoms with Gasteiger partial charge in [-0.2, -0.15) is 0 Å². The molecule has 2 aromatic rings. The number of aromatic nitrogens is 1. The van der Waals surface area contributed by atoms with Crippen LogP contribution in [0.15, 0.2) is 53.3 Å². The third kappa shape index (κ3) is 3.76. The van der Waals surface area contributed by atoms with Crippen molar-refractivity contribution in [3.63, 3.8) is 0 Å². The van der Waals surface area contributed by atoms with Crippen molar-refractivity contribution < 1.29 is 15.3 Å². The van der Waals surface area contributed by atoms with Gasteiger partial charge in [-0.3, -0.25) is 9.98 Å². The Morgan fingerprint density at radius 1 is 1.26 bits per heavy atom.